The Bertz CT molecular complexity index is 1280. The van der Waals surface area contributed by atoms with Crippen molar-refractivity contribution in [2.75, 3.05) is 26.4 Å². The molecule has 2 atom stereocenters. The molecule has 4 heteroatoms. The van der Waals surface area contributed by atoms with E-state index in [1.807, 2.05) is 0 Å². The Morgan fingerprint density at radius 3 is 1.65 bits per heavy atom. The van der Waals surface area contributed by atoms with E-state index in [1.165, 1.54) is 87.8 Å². The maximum Gasteiger partial charge on any atom is 0.169 e. The Balaban J connectivity index is 1.16. The summed E-state index contributed by atoms with van der Waals surface area (Å²) < 4.78 is 24.3. The third-order valence-electron chi connectivity index (χ3n) is 12.9. The van der Waals surface area contributed by atoms with E-state index in [0.29, 0.717) is 24.0 Å². The maximum atomic E-state index is 6.73. The summed E-state index contributed by atoms with van der Waals surface area (Å²) in [6.45, 7) is 2.85. The fourth-order valence-corrected chi connectivity index (χ4v) is 12.0. The number of epoxide rings is 2. The number of hydrogen-bond donors (Lipinski definition) is 0. The van der Waals surface area contributed by atoms with Crippen molar-refractivity contribution in [2.45, 2.75) is 100 Å². The molecule has 12 rings (SSSR count). The predicted molar refractivity (Wildman–Crippen MR) is 154 cm³/mol. The van der Waals surface area contributed by atoms with Crippen LogP contribution in [0.1, 0.15) is 88.2 Å². The first-order valence-electron chi connectivity index (χ1n) is 16.7. The molecular formula is C36H44O4. The van der Waals surface area contributed by atoms with Crippen molar-refractivity contribution in [1.82, 2.24) is 0 Å². The van der Waals surface area contributed by atoms with Crippen LogP contribution in [0, 0.1) is 35.5 Å². The number of hydrogen-bond acceptors (Lipinski definition) is 4. The molecule has 2 heterocycles. The molecule has 4 nitrogen and oxygen atoms in total. The molecular weight excluding hydrogens is 496 g/mol. The third kappa shape index (κ3) is 3.77. The van der Waals surface area contributed by atoms with Gasteiger partial charge in [0.25, 0.3) is 0 Å². The van der Waals surface area contributed by atoms with Gasteiger partial charge in [0.2, 0.25) is 0 Å². The van der Waals surface area contributed by atoms with E-state index >= 15 is 0 Å². The van der Waals surface area contributed by atoms with E-state index in [2.05, 4.69) is 24.3 Å². The normalized spacial score (nSPS) is 45.3. The van der Waals surface area contributed by atoms with E-state index in [1.54, 1.807) is 11.1 Å². The Kier molecular flexibility index (Phi) is 4.99. The maximum absolute atomic E-state index is 6.73. The molecule has 8 bridgehead atoms. The van der Waals surface area contributed by atoms with Crippen LogP contribution in [0.4, 0.5) is 0 Å². The van der Waals surface area contributed by atoms with Crippen molar-refractivity contribution in [1.29, 1.82) is 0 Å². The molecule has 8 aliphatic carbocycles. The van der Waals surface area contributed by atoms with Crippen LogP contribution in [0.5, 0.6) is 11.5 Å². The van der Waals surface area contributed by atoms with E-state index in [0.717, 1.165) is 60.2 Å². The molecule has 0 N–H and O–H groups in total. The van der Waals surface area contributed by atoms with Gasteiger partial charge in [-0.3, -0.25) is 0 Å². The molecule has 40 heavy (non-hydrogen) atoms. The van der Waals surface area contributed by atoms with Crippen LogP contribution < -0.4 is 9.47 Å². The zero-order valence-corrected chi connectivity index (χ0v) is 23.9. The number of fused-ring (bicyclic) bond motifs is 1. The van der Waals surface area contributed by atoms with E-state index < -0.39 is 0 Å². The highest BCUT2D eigenvalue weighted by Crippen LogP contribution is 2.65. The van der Waals surface area contributed by atoms with Crippen LogP contribution >= 0.6 is 0 Å². The molecule has 2 aliphatic heterocycles. The van der Waals surface area contributed by atoms with Crippen LogP contribution in [0.2, 0.25) is 0 Å². The molecule has 2 aromatic carbocycles. The van der Waals surface area contributed by atoms with Gasteiger partial charge in [0, 0.05) is 5.39 Å². The summed E-state index contributed by atoms with van der Waals surface area (Å²) in [5, 5.41) is 2.76. The molecule has 2 aromatic rings. The predicted octanol–water partition coefficient (Wildman–Crippen LogP) is 7.33. The lowest BCUT2D eigenvalue weighted by molar-refractivity contribution is -0.00791. The van der Waals surface area contributed by atoms with Gasteiger partial charge in [-0.15, -0.1) is 0 Å². The quantitative estimate of drug-likeness (QED) is 0.329. The second kappa shape index (κ2) is 8.40. The highest BCUT2D eigenvalue weighted by molar-refractivity contribution is 5.95. The standard InChI is InChI=1S/C36H44O4/c1-2-32(39-19-29-17-37-29)34(40-20-30-18-38-30)33-27(1)9-28(35-11-21-3-22(12-35)5-23(4-21)13-35)10-31(33)36-14-24-6-25(15-36)8-26(7-24)16-36/h1-2,9-10,21-26,29-30H,3-8,11-20H2. The van der Waals surface area contributed by atoms with Crippen LogP contribution in [0.3, 0.4) is 0 Å². The summed E-state index contributed by atoms with van der Waals surface area (Å²) in [7, 11) is 0. The van der Waals surface area contributed by atoms with Gasteiger partial charge in [-0.25, -0.2) is 0 Å². The first kappa shape index (κ1) is 23.7. The summed E-state index contributed by atoms with van der Waals surface area (Å²) in [6.07, 6.45) is 17.8. The van der Waals surface area contributed by atoms with Crippen molar-refractivity contribution in [3.8, 4) is 11.5 Å². The molecule has 0 aromatic heterocycles. The van der Waals surface area contributed by atoms with Crippen molar-refractivity contribution in [2.24, 2.45) is 35.5 Å². The fourth-order valence-electron chi connectivity index (χ4n) is 12.0. The second-order valence-electron chi connectivity index (χ2n) is 15.9. The number of rotatable bonds is 8. The molecule has 212 valence electrons. The monoisotopic (exact) mass is 540 g/mol. The lowest BCUT2D eigenvalue weighted by Crippen LogP contribution is -2.50. The molecule has 0 spiro atoms. The highest BCUT2D eigenvalue weighted by atomic mass is 16.6. The van der Waals surface area contributed by atoms with E-state index in [4.69, 9.17) is 18.9 Å². The zero-order chi connectivity index (χ0) is 26.1. The Morgan fingerprint density at radius 2 is 1.12 bits per heavy atom. The highest BCUT2D eigenvalue weighted by Gasteiger charge is 2.55. The Hall–Kier alpha value is -1.78. The minimum atomic E-state index is 0.226. The zero-order valence-electron chi connectivity index (χ0n) is 23.9. The minimum Gasteiger partial charge on any atom is -0.487 e. The van der Waals surface area contributed by atoms with E-state index in [9.17, 15) is 0 Å². The lowest BCUT2D eigenvalue weighted by Gasteiger charge is -2.59. The second-order valence-corrected chi connectivity index (χ2v) is 15.9. The van der Waals surface area contributed by atoms with Crippen molar-refractivity contribution >= 4 is 10.8 Å². The van der Waals surface area contributed by atoms with Crippen LogP contribution in [0.15, 0.2) is 24.3 Å². The summed E-state index contributed by atoms with van der Waals surface area (Å²) in [5.74, 6) is 7.52. The number of ether oxygens (including phenoxy) is 4. The molecule has 10 fully saturated rings. The van der Waals surface area contributed by atoms with Gasteiger partial charge in [-0.05, 0) is 146 Å². The van der Waals surface area contributed by atoms with Gasteiger partial charge in [0.05, 0.1) is 13.2 Å². The lowest BCUT2D eigenvalue weighted by atomic mass is 9.46. The van der Waals surface area contributed by atoms with Gasteiger partial charge < -0.3 is 18.9 Å². The molecule has 0 radical (unpaired) electrons. The third-order valence-corrected chi connectivity index (χ3v) is 12.9. The SMILES string of the molecule is c1cc2cc(C34CC5CC(CC(C5)C3)C4)cc(C34CC5CC(CC(C5)C3)C4)c2c(OCC2CO2)c1OCC1CO1. The molecule has 10 aliphatic rings. The Labute approximate surface area is 238 Å². The van der Waals surface area contributed by atoms with Crippen molar-refractivity contribution in [3.05, 3.63) is 35.4 Å². The van der Waals surface area contributed by atoms with Gasteiger partial charge in [-0.2, -0.15) is 0 Å². The molecule has 0 amide bonds. The summed E-state index contributed by atoms with van der Waals surface area (Å²) in [5.41, 5.74) is 4.02. The van der Waals surface area contributed by atoms with Gasteiger partial charge >= 0.3 is 0 Å². The topological polar surface area (TPSA) is 43.5 Å². The molecule has 2 unspecified atom stereocenters. The summed E-state index contributed by atoms with van der Waals surface area (Å²) in [4.78, 5) is 0. The number of benzene rings is 2. The first-order chi connectivity index (χ1) is 19.6. The van der Waals surface area contributed by atoms with Gasteiger partial charge in [0.1, 0.15) is 25.4 Å². The summed E-state index contributed by atoms with van der Waals surface area (Å²) in [6, 6.07) is 9.95. The smallest absolute Gasteiger partial charge is 0.169 e. The van der Waals surface area contributed by atoms with Crippen LogP contribution in [-0.4, -0.2) is 38.6 Å². The summed E-state index contributed by atoms with van der Waals surface area (Å²) >= 11 is 0. The fraction of sp³-hybridized carbons (Fsp3) is 0.722. The van der Waals surface area contributed by atoms with Crippen molar-refractivity contribution in [3.63, 3.8) is 0 Å². The minimum absolute atomic E-state index is 0.226. The van der Waals surface area contributed by atoms with Gasteiger partial charge in [0.15, 0.2) is 11.5 Å². The van der Waals surface area contributed by atoms with Crippen LogP contribution in [0.25, 0.3) is 10.8 Å². The average Bonchev–Trinajstić information content (AvgIpc) is 3.84. The first-order valence-corrected chi connectivity index (χ1v) is 16.7. The van der Waals surface area contributed by atoms with Crippen LogP contribution in [-0.2, 0) is 20.3 Å². The average molecular weight is 541 g/mol. The van der Waals surface area contributed by atoms with E-state index in [-0.39, 0.29) is 12.2 Å². The van der Waals surface area contributed by atoms with Gasteiger partial charge in [-0.1, -0.05) is 18.2 Å². The largest absolute Gasteiger partial charge is 0.487 e. The molecule has 2 saturated heterocycles. The Morgan fingerprint density at radius 1 is 0.625 bits per heavy atom. The van der Waals surface area contributed by atoms with Crippen molar-refractivity contribution < 1.29 is 18.9 Å². The molecule has 8 saturated carbocycles.